The second-order valence-corrected chi connectivity index (χ2v) is 5.12. The monoisotopic (exact) mass is 185 g/mol. The molecule has 78 valence electrons. The van der Waals surface area contributed by atoms with Crippen LogP contribution >= 0.6 is 0 Å². The number of nitrogens with zero attached hydrogens (tertiary/aromatic N) is 1. The zero-order chi connectivity index (χ0) is 9.90. The van der Waals surface area contributed by atoms with E-state index >= 15 is 0 Å². The van der Waals surface area contributed by atoms with Gasteiger partial charge < -0.3 is 10.0 Å². The van der Waals surface area contributed by atoms with Gasteiger partial charge in [0, 0.05) is 13.1 Å². The first-order valence-electron chi connectivity index (χ1n) is 5.38. The van der Waals surface area contributed by atoms with Crippen molar-refractivity contribution < 1.29 is 5.11 Å². The minimum atomic E-state index is -0.506. The van der Waals surface area contributed by atoms with Crippen molar-refractivity contribution in [2.24, 2.45) is 5.92 Å². The molecule has 0 saturated heterocycles. The van der Waals surface area contributed by atoms with Gasteiger partial charge in [0.1, 0.15) is 0 Å². The van der Waals surface area contributed by atoms with Gasteiger partial charge in [-0.2, -0.15) is 0 Å². The Morgan fingerprint density at radius 3 is 2.38 bits per heavy atom. The molecular formula is C11H23NO. The van der Waals surface area contributed by atoms with Crippen molar-refractivity contribution in [3.63, 3.8) is 0 Å². The quantitative estimate of drug-likeness (QED) is 0.707. The topological polar surface area (TPSA) is 23.5 Å². The summed E-state index contributed by atoms with van der Waals surface area (Å²) >= 11 is 0. The largest absolute Gasteiger partial charge is 0.390 e. The van der Waals surface area contributed by atoms with Gasteiger partial charge in [-0.25, -0.2) is 0 Å². The van der Waals surface area contributed by atoms with Crippen molar-refractivity contribution in [3.05, 3.63) is 0 Å². The predicted octanol–water partition coefficient (Wildman–Crippen LogP) is 1.88. The fraction of sp³-hybridized carbons (Fsp3) is 1.00. The normalized spacial score (nSPS) is 19.2. The Labute approximate surface area is 81.9 Å². The molecule has 2 heteroatoms. The van der Waals surface area contributed by atoms with Crippen LogP contribution in [0.1, 0.15) is 39.5 Å². The summed E-state index contributed by atoms with van der Waals surface area (Å²) in [5.41, 5.74) is -0.506. The highest BCUT2D eigenvalue weighted by atomic mass is 16.3. The number of aliphatic hydroxyl groups is 1. The standard InChI is InChI=1S/C11H23NO/c1-11(2,13)7-8-12(3)9-10-5-4-6-10/h10,13H,4-9H2,1-3H3. The van der Waals surface area contributed by atoms with E-state index in [9.17, 15) is 5.11 Å². The molecule has 1 N–H and O–H groups in total. The summed E-state index contributed by atoms with van der Waals surface area (Å²) in [5.74, 6) is 0.937. The Hall–Kier alpha value is -0.0800. The van der Waals surface area contributed by atoms with E-state index in [1.54, 1.807) is 0 Å². The molecule has 1 rings (SSSR count). The number of hydrogen-bond donors (Lipinski definition) is 1. The van der Waals surface area contributed by atoms with Crippen molar-refractivity contribution in [3.8, 4) is 0 Å². The maximum absolute atomic E-state index is 9.55. The average molecular weight is 185 g/mol. The molecule has 2 nitrogen and oxygen atoms in total. The van der Waals surface area contributed by atoms with Gasteiger partial charge in [0.2, 0.25) is 0 Å². The van der Waals surface area contributed by atoms with E-state index in [1.807, 2.05) is 13.8 Å². The van der Waals surface area contributed by atoms with Crippen LogP contribution in [0.25, 0.3) is 0 Å². The lowest BCUT2D eigenvalue weighted by molar-refractivity contribution is 0.0570. The first-order valence-corrected chi connectivity index (χ1v) is 5.38. The summed E-state index contributed by atoms with van der Waals surface area (Å²) in [5, 5.41) is 9.55. The Balaban J connectivity index is 2.06. The Morgan fingerprint density at radius 2 is 2.00 bits per heavy atom. The van der Waals surface area contributed by atoms with Gasteiger partial charge in [-0.1, -0.05) is 6.42 Å². The maximum Gasteiger partial charge on any atom is 0.0603 e. The molecule has 1 aliphatic carbocycles. The van der Waals surface area contributed by atoms with Crippen LogP contribution in [-0.4, -0.2) is 35.7 Å². The summed E-state index contributed by atoms with van der Waals surface area (Å²) < 4.78 is 0. The lowest BCUT2D eigenvalue weighted by Crippen LogP contribution is -2.33. The number of hydrogen-bond acceptors (Lipinski definition) is 2. The van der Waals surface area contributed by atoms with Gasteiger partial charge in [0.05, 0.1) is 5.60 Å². The van der Waals surface area contributed by atoms with Crippen molar-refractivity contribution in [2.75, 3.05) is 20.1 Å². The molecule has 0 unspecified atom stereocenters. The first-order chi connectivity index (χ1) is 5.97. The third-order valence-electron chi connectivity index (χ3n) is 2.90. The lowest BCUT2D eigenvalue weighted by atomic mass is 9.85. The van der Waals surface area contributed by atoms with E-state index in [-0.39, 0.29) is 0 Å². The molecule has 0 aromatic rings. The van der Waals surface area contributed by atoms with E-state index in [4.69, 9.17) is 0 Å². The Kier molecular flexibility index (Phi) is 3.74. The lowest BCUT2D eigenvalue weighted by Gasteiger charge is -2.31. The molecule has 1 aliphatic rings. The molecule has 0 spiro atoms. The van der Waals surface area contributed by atoms with Crippen molar-refractivity contribution in [1.82, 2.24) is 4.90 Å². The average Bonchev–Trinajstić information content (AvgIpc) is 1.91. The second-order valence-electron chi connectivity index (χ2n) is 5.12. The van der Waals surface area contributed by atoms with Gasteiger partial charge in [-0.3, -0.25) is 0 Å². The molecular weight excluding hydrogens is 162 g/mol. The zero-order valence-corrected chi connectivity index (χ0v) is 9.21. The Morgan fingerprint density at radius 1 is 1.38 bits per heavy atom. The molecule has 1 fully saturated rings. The molecule has 0 aliphatic heterocycles. The maximum atomic E-state index is 9.55. The van der Waals surface area contributed by atoms with Crippen LogP contribution in [0.2, 0.25) is 0 Å². The molecule has 0 atom stereocenters. The second kappa shape index (κ2) is 4.43. The third-order valence-corrected chi connectivity index (χ3v) is 2.90. The van der Waals surface area contributed by atoms with E-state index in [0.717, 1.165) is 18.9 Å². The Bertz CT molecular complexity index is 147. The minimum Gasteiger partial charge on any atom is -0.390 e. The fourth-order valence-electron chi connectivity index (χ4n) is 1.67. The van der Waals surface area contributed by atoms with E-state index in [0.29, 0.717) is 0 Å². The fourth-order valence-corrected chi connectivity index (χ4v) is 1.67. The number of rotatable bonds is 5. The molecule has 0 amide bonds. The molecule has 0 aromatic carbocycles. The predicted molar refractivity (Wildman–Crippen MR) is 55.8 cm³/mol. The third kappa shape index (κ3) is 4.63. The summed E-state index contributed by atoms with van der Waals surface area (Å²) in [7, 11) is 2.16. The molecule has 0 radical (unpaired) electrons. The van der Waals surface area contributed by atoms with E-state index in [1.165, 1.54) is 25.8 Å². The SMILES string of the molecule is CN(CCC(C)(C)O)CC1CCC1. The van der Waals surface area contributed by atoms with Crippen molar-refractivity contribution in [2.45, 2.75) is 45.1 Å². The summed E-state index contributed by atoms with van der Waals surface area (Å²) in [6.45, 7) is 5.99. The van der Waals surface area contributed by atoms with Crippen LogP contribution in [0.3, 0.4) is 0 Å². The van der Waals surface area contributed by atoms with Crippen LogP contribution in [-0.2, 0) is 0 Å². The van der Waals surface area contributed by atoms with E-state index < -0.39 is 5.60 Å². The minimum absolute atomic E-state index is 0.506. The molecule has 0 aromatic heterocycles. The van der Waals surface area contributed by atoms with Crippen molar-refractivity contribution >= 4 is 0 Å². The highest BCUT2D eigenvalue weighted by Gasteiger charge is 2.20. The van der Waals surface area contributed by atoms with Crippen LogP contribution in [0, 0.1) is 5.92 Å². The molecule has 1 saturated carbocycles. The van der Waals surface area contributed by atoms with Gasteiger partial charge in [-0.05, 0) is 46.1 Å². The van der Waals surface area contributed by atoms with Crippen LogP contribution < -0.4 is 0 Å². The van der Waals surface area contributed by atoms with Crippen LogP contribution in [0.4, 0.5) is 0 Å². The smallest absolute Gasteiger partial charge is 0.0603 e. The highest BCUT2D eigenvalue weighted by molar-refractivity contribution is 4.74. The van der Waals surface area contributed by atoms with Gasteiger partial charge >= 0.3 is 0 Å². The van der Waals surface area contributed by atoms with Gasteiger partial charge in [0.25, 0.3) is 0 Å². The zero-order valence-electron chi connectivity index (χ0n) is 9.21. The van der Waals surface area contributed by atoms with Crippen LogP contribution in [0.5, 0.6) is 0 Å². The van der Waals surface area contributed by atoms with Gasteiger partial charge in [-0.15, -0.1) is 0 Å². The van der Waals surface area contributed by atoms with Crippen LogP contribution in [0.15, 0.2) is 0 Å². The molecule has 13 heavy (non-hydrogen) atoms. The van der Waals surface area contributed by atoms with E-state index in [2.05, 4.69) is 11.9 Å². The summed E-state index contributed by atoms with van der Waals surface area (Å²) in [4.78, 5) is 2.35. The molecule has 0 heterocycles. The summed E-state index contributed by atoms with van der Waals surface area (Å²) in [6.07, 6.45) is 5.11. The first kappa shape index (κ1) is 11.0. The van der Waals surface area contributed by atoms with Gasteiger partial charge in [0.15, 0.2) is 0 Å². The molecule has 0 bridgehead atoms. The summed E-state index contributed by atoms with van der Waals surface area (Å²) in [6, 6.07) is 0. The van der Waals surface area contributed by atoms with Crippen molar-refractivity contribution in [1.29, 1.82) is 0 Å². The highest BCUT2D eigenvalue weighted by Crippen LogP contribution is 2.26.